The number of hydrogen-bond acceptors (Lipinski definition) is 2. The van der Waals surface area contributed by atoms with Crippen LogP contribution in [0.3, 0.4) is 0 Å². The molecule has 0 saturated carbocycles. The highest BCUT2D eigenvalue weighted by Crippen LogP contribution is 2.31. The van der Waals surface area contributed by atoms with Crippen molar-refractivity contribution in [3.63, 3.8) is 0 Å². The number of hydrogen-bond donors (Lipinski definition) is 2. The molecule has 3 nitrogen and oxygen atoms in total. The summed E-state index contributed by atoms with van der Waals surface area (Å²) in [5.74, 6) is -0.739. The molecule has 0 aromatic carbocycles. The minimum absolute atomic E-state index is 0. The zero-order valence-electron chi connectivity index (χ0n) is 6.82. The molecule has 2 heterocycles. The Morgan fingerprint density at radius 1 is 1.25 bits per heavy atom. The summed E-state index contributed by atoms with van der Waals surface area (Å²) in [5.41, 5.74) is 0. The maximum absolute atomic E-state index is 10.7. The number of halogens is 1. The van der Waals surface area contributed by atoms with Crippen LogP contribution in [0.15, 0.2) is 0 Å². The van der Waals surface area contributed by atoms with E-state index < -0.39 is 5.97 Å². The van der Waals surface area contributed by atoms with Crippen molar-refractivity contribution in [2.24, 2.45) is 5.92 Å². The van der Waals surface area contributed by atoms with Crippen molar-refractivity contribution in [3.8, 4) is 0 Å². The van der Waals surface area contributed by atoms with Gasteiger partial charge in [0.25, 0.3) is 0 Å². The Bertz CT molecular complexity index is 186. The average molecular weight is 192 g/mol. The highest BCUT2D eigenvalue weighted by Gasteiger charge is 2.38. The smallest absolute Gasteiger partial charge is 0.308 e. The van der Waals surface area contributed by atoms with Gasteiger partial charge in [-0.1, -0.05) is 0 Å². The van der Waals surface area contributed by atoms with Crippen molar-refractivity contribution in [2.75, 3.05) is 0 Å². The second kappa shape index (κ2) is 3.62. The number of rotatable bonds is 1. The fourth-order valence-electron chi connectivity index (χ4n) is 2.27. The molecule has 2 fully saturated rings. The van der Waals surface area contributed by atoms with Crippen LogP contribution in [-0.2, 0) is 4.79 Å². The van der Waals surface area contributed by atoms with Crippen LogP contribution in [0.2, 0.25) is 0 Å². The largest absolute Gasteiger partial charge is 0.481 e. The number of carboxylic acids is 1. The SMILES string of the molecule is Cl.O=C(O)C1CCC2CCC1N2. The molecule has 70 valence electrons. The zero-order chi connectivity index (χ0) is 7.84. The summed E-state index contributed by atoms with van der Waals surface area (Å²) < 4.78 is 0. The molecule has 0 amide bonds. The van der Waals surface area contributed by atoms with Gasteiger partial charge in [-0.25, -0.2) is 0 Å². The second-order valence-corrected chi connectivity index (χ2v) is 3.57. The summed E-state index contributed by atoms with van der Waals surface area (Å²) in [6.45, 7) is 0. The van der Waals surface area contributed by atoms with E-state index in [0.717, 1.165) is 19.3 Å². The summed E-state index contributed by atoms with van der Waals surface area (Å²) in [7, 11) is 0. The van der Waals surface area contributed by atoms with Crippen LogP contribution in [-0.4, -0.2) is 23.2 Å². The monoisotopic (exact) mass is 191 g/mol. The van der Waals surface area contributed by atoms with Gasteiger partial charge in [-0.15, -0.1) is 12.4 Å². The molecule has 2 rings (SSSR count). The standard InChI is InChI=1S/C8H13NO2.ClH/c10-8(11)6-3-1-5-2-4-7(6)9-5;/h5-7,9H,1-4H2,(H,10,11);1H. The number of piperidine rings is 1. The van der Waals surface area contributed by atoms with Crippen molar-refractivity contribution in [2.45, 2.75) is 37.8 Å². The van der Waals surface area contributed by atoms with Gasteiger partial charge in [0.15, 0.2) is 0 Å². The molecule has 2 aliphatic rings. The van der Waals surface area contributed by atoms with Gasteiger partial charge in [0.2, 0.25) is 0 Å². The van der Waals surface area contributed by atoms with Gasteiger partial charge in [-0.3, -0.25) is 4.79 Å². The molecule has 2 aliphatic heterocycles. The van der Waals surface area contributed by atoms with Crippen LogP contribution >= 0.6 is 12.4 Å². The molecule has 0 spiro atoms. The molecule has 12 heavy (non-hydrogen) atoms. The Labute approximate surface area is 77.9 Å². The van der Waals surface area contributed by atoms with Gasteiger partial charge in [0, 0.05) is 12.1 Å². The van der Waals surface area contributed by atoms with Crippen molar-refractivity contribution in [3.05, 3.63) is 0 Å². The first-order chi connectivity index (χ1) is 5.27. The highest BCUT2D eigenvalue weighted by atomic mass is 35.5. The number of aliphatic carboxylic acids is 1. The average Bonchev–Trinajstić information content (AvgIpc) is 2.32. The Kier molecular flexibility index (Phi) is 2.96. The van der Waals surface area contributed by atoms with Gasteiger partial charge >= 0.3 is 5.97 Å². The lowest BCUT2D eigenvalue weighted by molar-refractivity contribution is -0.143. The Balaban J connectivity index is 0.000000720. The van der Waals surface area contributed by atoms with Crippen molar-refractivity contribution < 1.29 is 9.90 Å². The van der Waals surface area contributed by atoms with Crippen LogP contribution in [0.1, 0.15) is 25.7 Å². The number of carboxylic acid groups (broad SMARTS) is 1. The molecular formula is C8H14ClNO2. The van der Waals surface area contributed by atoms with Crippen molar-refractivity contribution in [1.29, 1.82) is 0 Å². The molecule has 2 bridgehead atoms. The van der Waals surface area contributed by atoms with E-state index in [4.69, 9.17) is 5.11 Å². The summed E-state index contributed by atoms with van der Waals surface area (Å²) in [6.07, 6.45) is 4.15. The maximum atomic E-state index is 10.7. The van der Waals surface area contributed by atoms with Crippen LogP contribution in [0.25, 0.3) is 0 Å². The fraction of sp³-hybridized carbons (Fsp3) is 0.875. The first kappa shape index (κ1) is 9.81. The minimum atomic E-state index is -0.622. The van der Waals surface area contributed by atoms with Gasteiger partial charge in [-0.2, -0.15) is 0 Å². The number of carbonyl (C=O) groups is 1. The van der Waals surface area contributed by atoms with Crippen LogP contribution in [0.4, 0.5) is 0 Å². The zero-order valence-corrected chi connectivity index (χ0v) is 7.64. The van der Waals surface area contributed by atoms with E-state index in [1.165, 1.54) is 6.42 Å². The summed E-state index contributed by atoms with van der Waals surface area (Å²) in [5, 5.41) is 12.2. The van der Waals surface area contributed by atoms with Gasteiger partial charge in [0.05, 0.1) is 5.92 Å². The molecule has 0 aromatic heterocycles. The lowest BCUT2D eigenvalue weighted by Crippen LogP contribution is -2.43. The van der Waals surface area contributed by atoms with E-state index >= 15 is 0 Å². The minimum Gasteiger partial charge on any atom is -0.481 e. The third kappa shape index (κ3) is 1.57. The van der Waals surface area contributed by atoms with E-state index in [9.17, 15) is 4.79 Å². The maximum Gasteiger partial charge on any atom is 0.308 e. The van der Waals surface area contributed by atoms with Crippen LogP contribution < -0.4 is 5.32 Å². The predicted octanol–water partition coefficient (Wildman–Crippen LogP) is 1.02. The lowest BCUT2D eigenvalue weighted by atomic mass is 9.92. The van der Waals surface area contributed by atoms with Crippen LogP contribution in [0.5, 0.6) is 0 Å². The molecule has 2 N–H and O–H groups in total. The quantitative estimate of drug-likeness (QED) is 0.651. The second-order valence-electron chi connectivity index (χ2n) is 3.57. The first-order valence-corrected chi connectivity index (χ1v) is 4.26. The molecule has 0 aromatic rings. The number of fused-ring (bicyclic) bond motifs is 2. The Hall–Kier alpha value is -0.280. The normalized spacial score (nSPS) is 38.8. The van der Waals surface area contributed by atoms with Crippen molar-refractivity contribution in [1.82, 2.24) is 5.32 Å². The van der Waals surface area contributed by atoms with Crippen LogP contribution in [0, 0.1) is 5.92 Å². The third-order valence-corrected chi connectivity index (χ3v) is 2.90. The predicted molar refractivity (Wildman–Crippen MR) is 47.6 cm³/mol. The van der Waals surface area contributed by atoms with E-state index in [1.54, 1.807) is 0 Å². The molecule has 4 heteroatoms. The van der Waals surface area contributed by atoms with Crippen molar-refractivity contribution >= 4 is 18.4 Å². The summed E-state index contributed by atoms with van der Waals surface area (Å²) in [4.78, 5) is 10.7. The molecule has 0 aliphatic carbocycles. The highest BCUT2D eigenvalue weighted by molar-refractivity contribution is 5.85. The molecule has 3 unspecified atom stereocenters. The summed E-state index contributed by atoms with van der Waals surface area (Å²) >= 11 is 0. The van der Waals surface area contributed by atoms with E-state index in [-0.39, 0.29) is 24.4 Å². The summed E-state index contributed by atoms with van der Waals surface area (Å²) in [6, 6.07) is 0.891. The molecular weight excluding hydrogens is 178 g/mol. The van der Waals surface area contributed by atoms with Gasteiger partial charge < -0.3 is 10.4 Å². The van der Waals surface area contributed by atoms with E-state index in [2.05, 4.69) is 5.32 Å². The topological polar surface area (TPSA) is 49.3 Å². The Morgan fingerprint density at radius 2 is 1.92 bits per heavy atom. The van der Waals surface area contributed by atoms with E-state index in [1.807, 2.05) is 0 Å². The Morgan fingerprint density at radius 3 is 2.58 bits per heavy atom. The lowest BCUT2D eigenvalue weighted by Gasteiger charge is -2.26. The molecule has 0 radical (unpaired) electrons. The fourth-order valence-corrected chi connectivity index (χ4v) is 2.27. The van der Waals surface area contributed by atoms with E-state index in [0.29, 0.717) is 6.04 Å². The molecule has 2 saturated heterocycles. The van der Waals surface area contributed by atoms with Gasteiger partial charge in [0.1, 0.15) is 0 Å². The third-order valence-electron chi connectivity index (χ3n) is 2.90. The van der Waals surface area contributed by atoms with Gasteiger partial charge in [-0.05, 0) is 25.7 Å². The first-order valence-electron chi connectivity index (χ1n) is 4.26. The molecule has 3 atom stereocenters. The number of nitrogens with one attached hydrogen (secondary N) is 1.